The molecule has 4 nitrogen and oxygen atoms in total. The summed E-state index contributed by atoms with van der Waals surface area (Å²) < 4.78 is 5.98. The summed E-state index contributed by atoms with van der Waals surface area (Å²) in [5, 5.41) is 9.73. The van der Waals surface area contributed by atoms with Gasteiger partial charge in [0.05, 0.1) is 23.7 Å². The average molecular weight is 360 g/mol. The summed E-state index contributed by atoms with van der Waals surface area (Å²) in [5.41, 5.74) is 2.45. The second-order valence-electron chi connectivity index (χ2n) is 4.28. The Morgan fingerprint density at radius 3 is 2.86 bits per heavy atom. The topological polar surface area (TPSA) is 61.7 Å². The van der Waals surface area contributed by atoms with Crippen molar-refractivity contribution in [3.8, 4) is 11.8 Å². The number of nitriles is 1. The predicted molar refractivity (Wildman–Crippen MR) is 85.6 cm³/mol. The Bertz CT molecular complexity index is 854. The Kier molecular flexibility index (Phi) is 3.86. The van der Waals surface area contributed by atoms with Crippen LogP contribution in [0.4, 0.5) is 0 Å². The van der Waals surface area contributed by atoms with E-state index in [9.17, 15) is 0 Å². The number of rotatable bonds is 3. The van der Waals surface area contributed by atoms with Crippen LogP contribution < -0.4 is 4.74 Å². The second-order valence-corrected chi connectivity index (χ2v) is 6.20. The minimum Gasteiger partial charge on any atom is -0.497 e. The molecule has 1 aromatic heterocycles. The van der Waals surface area contributed by atoms with Gasteiger partial charge in [0, 0.05) is 15.4 Å². The highest BCUT2D eigenvalue weighted by atomic mass is 79.9. The number of methoxy groups -OCH3 is 1. The standard InChI is InChI=1S/C15H10BrN3OS/c1-20-10-3-5-13-14(6-10)19-15(18-13)21-11-4-2-9(8-17)12(16)7-11/h2-7H,1H3,(H,18,19). The summed E-state index contributed by atoms with van der Waals surface area (Å²) in [4.78, 5) is 8.79. The summed E-state index contributed by atoms with van der Waals surface area (Å²) >= 11 is 4.90. The van der Waals surface area contributed by atoms with E-state index in [1.165, 1.54) is 11.8 Å². The van der Waals surface area contributed by atoms with Crippen molar-refractivity contribution in [3.05, 3.63) is 46.4 Å². The molecule has 0 aliphatic carbocycles. The molecule has 3 rings (SSSR count). The molecule has 21 heavy (non-hydrogen) atoms. The Balaban J connectivity index is 1.91. The third kappa shape index (κ3) is 2.89. The van der Waals surface area contributed by atoms with Crippen molar-refractivity contribution in [1.82, 2.24) is 9.97 Å². The van der Waals surface area contributed by atoms with Crippen molar-refractivity contribution in [2.75, 3.05) is 7.11 Å². The van der Waals surface area contributed by atoms with Gasteiger partial charge in [-0.05, 0) is 46.3 Å². The molecule has 0 aliphatic rings. The van der Waals surface area contributed by atoms with Crippen LogP contribution in [-0.2, 0) is 0 Å². The number of ether oxygens (including phenoxy) is 1. The lowest BCUT2D eigenvalue weighted by Gasteiger charge is -2.00. The molecule has 0 atom stereocenters. The first kappa shape index (κ1) is 14.0. The normalized spacial score (nSPS) is 10.5. The number of nitrogens with one attached hydrogen (secondary N) is 1. The molecule has 0 bridgehead atoms. The third-order valence-electron chi connectivity index (χ3n) is 2.94. The number of H-pyrrole nitrogens is 1. The minimum absolute atomic E-state index is 0.619. The van der Waals surface area contributed by atoms with E-state index in [0.29, 0.717) is 5.56 Å². The number of aromatic amines is 1. The highest BCUT2D eigenvalue weighted by Crippen LogP contribution is 2.31. The van der Waals surface area contributed by atoms with Gasteiger partial charge < -0.3 is 9.72 Å². The summed E-state index contributed by atoms with van der Waals surface area (Å²) in [6, 6.07) is 13.5. The molecule has 0 radical (unpaired) electrons. The molecule has 0 spiro atoms. The molecular formula is C15H10BrN3OS. The van der Waals surface area contributed by atoms with Crippen molar-refractivity contribution >= 4 is 38.7 Å². The van der Waals surface area contributed by atoms with Gasteiger partial charge in [0.1, 0.15) is 11.8 Å². The predicted octanol–water partition coefficient (Wildman–Crippen LogP) is 4.36. The maximum absolute atomic E-state index is 8.93. The van der Waals surface area contributed by atoms with Gasteiger partial charge >= 0.3 is 0 Å². The van der Waals surface area contributed by atoms with E-state index >= 15 is 0 Å². The van der Waals surface area contributed by atoms with Crippen LogP contribution >= 0.6 is 27.7 Å². The maximum Gasteiger partial charge on any atom is 0.171 e. The third-order valence-corrected chi connectivity index (χ3v) is 4.48. The van der Waals surface area contributed by atoms with Gasteiger partial charge in [-0.15, -0.1) is 0 Å². The first-order valence-corrected chi connectivity index (χ1v) is 7.72. The number of hydrogen-bond donors (Lipinski definition) is 1. The van der Waals surface area contributed by atoms with Crippen molar-refractivity contribution in [2.24, 2.45) is 0 Å². The zero-order chi connectivity index (χ0) is 14.8. The first-order chi connectivity index (χ1) is 10.2. The van der Waals surface area contributed by atoms with Gasteiger partial charge in [-0.1, -0.05) is 11.8 Å². The summed E-state index contributed by atoms with van der Waals surface area (Å²) in [7, 11) is 1.64. The number of fused-ring (bicyclic) bond motifs is 1. The fraction of sp³-hybridized carbons (Fsp3) is 0.0667. The molecule has 0 amide bonds. The minimum atomic E-state index is 0.619. The van der Waals surface area contributed by atoms with Crippen LogP contribution in [0.2, 0.25) is 0 Å². The van der Waals surface area contributed by atoms with Crippen LogP contribution in [0.15, 0.2) is 50.9 Å². The molecule has 1 N–H and O–H groups in total. The quantitative estimate of drug-likeness (QED) is 0.754. The van der Waals surface area contributed by atoms with Gasteiger partial charge in [0.25, 0.3) is 0 Å². The van der Waals surface area contributed by atoms with Crippen molar-refractivity contribution in [2.45, 2.75) is 10.1 Å². The van der Waals surface area contributed by atoms with E-state index in [1.807, 2.05) is 30.3 Å². The second kappa shape index (κ2) is 5.80. The number of benzene rings is 2. The van der Waals surface area contributed by atoms with E-state index in [2.05, 4.69) is 32.0 Å². The van der Waals surface area contributed by atoms with Gasteiger partial charge in [-0.3, -0.25) is 0 Å². The average Bonchev–Trinajstić information content (AvgIpc) is 2.88. The largest absolute Gasteiger partial charge is 0.497 e. The molecule has 0 aliphatic heterocycles. The Morgan fingerprint density at radius 2 is 2.14 bits per heavy atom. The highest BCUT2D eigenvalue weighted by molar-refractivity contribution is 9.10. The molecule has 3 aromatic rings. The lowest BCUT2D eigenvalue weighted by Crippen LogP contribution is -1.81. The van der Waals surface area contributed by atoms with Crippen LogP contribution in [-0.4, -0.2) is 17.1 Å². The Hall–Kier alpha value is -1.97. The van der Waals surface area contributed by atoms with Gasteiger partial charge in [-0.25, -0.2) is 4.98 Å². The van der Waals surface area contributed by atoms with Crippen molar-refractivity contribution in [1.29, 1.82) is 5.26 Å². The molecule has 1 heterocycles. The molecule has 2 aromatic carbocycles. The zero-order valence-corrected chi connectivity index (χ0v) is 13.5. The SMILES string of the molecule is COc1ccc2nc(Sc3ccc(C#N)c(Br)c3)[nH]c2c1. The molecule has 6 heteroatoms. The highest BCUT2D eigenvalue weighted by Gasteiger charge is 2.07. The van der Waals surface area contributed by atoms with Crippen molar-refractivity contribution in [3.63, 3.8) is 0 Å². The van der Waals surface area contributed by atoms with Gasteiger partial charge in [-0.2, -0.15) is 5.26 Å². The van der Waals surface area contributed by atoms with Crippen LogP contribution in [0.5, 0.6) is 5.75 Å². The number of nitrogens with zero attached hydrogens (tertiary/aromatic N) is 2. The van der Waals surface area contributed by atoms with Crippen LogP contribution in [0.25, 0.3) is 11.0 Å². The fourth-order valence-electron chi connectivity index (χ4n) is 1.90. The fourth-order valence-corrected chi connectivity index (χ4v) is 3.36. The number of hydrogen-bond acceptors (Lipinski definition) is 4. The van der Waals surface area contributed by atoms with E-state index in [-0.39, 0.29) is 0 Å². The van der Waals surface area contributed by atoms with Crippen molar-refractivity contribution < 1.29 is 4.74 Å². The van der Waals surface area contributed by atoms with Crippen LogP contribution in [0, 0.1) is 11.3 Å². The monoisotopic (exact) mass is 359 g/mol. The Labute approximate surface area is 134 Å². The van der Waals surface area contributed by atoms with Gasteiger partial charge in [0.2, 0.25) is 0 Å². The molecule has 104 valence electrons. The van der Waals surface area contributed by atoms with Crippen LogP contribution in [0.3, 0.4) is 0 Å². The number of aromatic nitrogens is 2. The van der Waals surface area contributed by atoms with E-state index in [0.717, 1.165) is 31.3 Å². The van der Waals surface area contributed by atoms with E-state index < -0.39 is 0 Å². The molecule has 0 fully saturated rings. The smallest absolute Gasteiger partial charge is 0.171 e. The number of imidazole rings is 1. The summed E-state index contributed by atoms with van der Waals surface area (Å²) in [6.07, 6.45) is 0. The summed E-state index contributed by atoms with van der Waals surface area (Å²) in [6.45, 7) is 0. The Morgan fingerprint density at radius 1 is 1.29 bits per heavy atom. The lowest BCUT2D eigenvalue weighted by atomic mass is 10.2. The molecule has 0 unspecified atom stereocenters. The molecule has 0 saturated heterocycles. The molecule has 0 saturated carbocycles. The zero-order valence-electron chi connectivity index (χ0n) is 11.1. The van der Waals surface area contributed by atoms with Crippen LogP contribution in [0.1, 0.15) is 5.56 Å². The molecular weight excluding hydrogens is 350 g/mol. The maximum atomic E-state index is 8.93. The number of halogens is 1. The van der Waals surface area contributed by atoms with Gasteiger partial charge in [0.15, 0.2) is 5.16 Å². The summed E-state index contributed by atoms with van der Waals surface area (Å²) in [5.74, 6) is 0.795. The van der Waals surface area contributed by atoms with E-state index in [1.54, 1.807) is 13.2 Å². The first-order valence-electron chi connectivity index (χ1n) is 6.11. The van der Waals surface area contributed by atoms with E-state index in [4.69, 9.17) is 10.00 Å². The lowest BCUT2D eigenvalue weighted by molar-refractivity contribution is 0.415.